The van der Waals surface area contributed by atoms with Crippen LogP contribution in [0.25, 0.3) is 11.1 Å². The molecule has 0 aromatic carbocycles. The molecule has 0 bridgehead atoms. The van der Waals surface area contributed by atoms with E-state index in [1.165, 1.54) is 0 Å². The summed E-state index contributed by atoms with van der Waals surface area (Å²) in [5.41, 5.74) is 1.76. The zero-order valence-electron chi connectivity index (χ0n) is 11.6. The molecule has 2 aromatic rings. The van der Waals surface area contributed by atoms with E-state index in [-0.39, 0.29) is 5.91 Å². The Hall–Kier alpha value is -2.43. The Bertz CT molecular complexity index is 582. The molecule has 1 amide bonds. The number of nitrogens with zero attached hydrogens (tertiary/aromatic N) is 2. The first kappa shape index (κ1) is 14.0. The molecule has 0 spiro atoms. The van der Waals surface area contributed by atoms with Gasteiger partial charge in [0.1, 0.15) is 5.82 Å². The van der Waals surface area contributed by atoms with Crippen LogP contribution in [0, 0.1) is 0 Å². The maximum atomic E-state index is 11.5. The Kier molecular flexibility index (Phi) is 4.65. The Morgan fingerprint density at radius 3 is 2.80 bits per heavy atom. The fourth-order valence-corrected chi connectivity index (χ4v) is 1.83. The van der Waals surface area contributed by atoms with Crippen molar-refractivity contribution in [3.05, 3.63) is 36.7 Å². The number of hydrogen-bond donors (Lipinski definition) is 1. The van der Waals surface area contributed by atoms with Gasteiger partial charge in [-0.25, -0.2) is 9.97 Å². The minimum Gasteiger partial charge on any atom is -0.481 e. The number of pyridine rings is 2. The number of hydrogen-bond acceptors (Lipinski definition) is 4. The molecule has 5 heteroatoms. The maximum absolute atomic E-state index is 11.5. The molecule has 2 aromatic heterocycles. The lowest BCUT2D eigenvalue weighted by molar-refractivity contribution is -0.116. The molecule has 0 aliphatic heterocycles. The number of carbonyl (C=O) groups excluding carboxylic acids is 1. The predicted octanol–water partition coefficient (Wildman–Crippen LogP) is 2.89. The first-order valence-corrected chi connectivity index (χ1v) is 6.50. The van der Waals surface area contributed by atoms with E-state index in [4.69, 9.17) is 4.74 Å². The molecule has 0 unspecified atom stereocenters. The third-order valence-electron chi connectivity index (χ3n) is 2.78. The summed E-state index contributed by atoms with van der Waals surface area (Å²) >= 11 is 0. The van der Waals surface area contributed by atoms with Gasteiger partial charge in [-0.1, -0.05) is 6.92 Å². The summed E-state index contributed by atoms with van der Waals surface area (Å²) in [5, 5.41) is 2.75. The fraction of sp³-hybridized carbons (Fsp3) is 0.267. The molecule has 0 atom stereocenters. The average molecular weight is 271 g/mol. The Labute approximate surface area is 118 Å². The van der Waals surface area contributed by atoms with Gasteiger partial charge in [-0.05, 0) is 30.7 Å². The van der Waals surface area contributed by atoms with E-state index in [1.54, 1.807) is 25.6 Å². The van der Waals surface area contributed by atoms with Crippen LogP contribution in [0.5, 0.6) is 5.88 Å². The molecule has 0 aliphatic carbocycles. The number of rotatable bonds is 5. The summed E-state index contributed by atoms with van der Waals surface area (Å²) in [6, 6.07) is 7.41. The monoisotopic (exact) mass is 271 g/mol. The quantitative estimate of drug-likeness (QED) is 0.908. The van der Waals surface area contributed by atoms with E-state index in [0.29, 0.717) is 18.1 Å². The van der Waals surface area contributed by atoms with Crippen LogP contribution in [0.3, 0.4) is 0 Å². The lowest BCUT2D eigenvalue weighted by Crippen LogP contribution is -2.11. The lowest BCUT2D eigenvalue weighted by atomic mass is 10.1. The summed E-state index contributed by atoms with van der Waals surface area (Å²) in [4.78, 5) is 19.9. The SMILES string of the molecule is CCCC(=O)Nc1ccc(-c2cccnc2OC)cn1. The van der Waals surface area contributed by atoms with E-state index in [0.717, 1.165) is 17.5 Å². The second-order valence-corrected chi connectivity index (χ2v) is 4.29. The van der Waals surface area contributed by atoms with Crippen LogP contribution in [-0.2, 0) is 4.79 Å². The topological polar surface area (TPSA) is 64.1 Å². The van der Waals surface area contributed by atoms with Gasteiger partial charge in [-0.3, -0.25) is 4.79 Å². The molecular weight excluding hydrogens is 254 g/mol. The summed E-state index contributed by atoms with van der Waals surface area (Å²) in [5.74, 6) is 1.08. The molecule has 0 saturated heterocycles. The van der Waals surface area contributed by atoms with Crippen LogP contribution in [0.15, 0.2) is 36.7 Å². The van der Waals surface area contributed by atoms with Gasteiger partial charge in [-0.2, -0.15) is 0 Å². The van der Waals surface area contributed by atoms with Gasteiger partial charge in [0.05, 0.1) is 7.11 Å². The van der Waals surface area contributed by atoms with E-state index in [9.17, 15) is 4.79 Å². The summed E-state index contributed by atoms with van der Waals surface area (Å²) in [7, 11) is 1.58. The molecule has 20 heavy (non-hydrogen) atoms. The van der Waals surface area contributed by atoms with E-state index in [2.05, 4.69) is 15.3 Å². The molecule has 0 aliphatic rings. The highest BCUT2D eigenvalue weighted by atomic mass is 16.5. The van der Waals surface area contributed by atoms with Gasteiger partial charge in [0.25, 0.3) is 0 Å². The molecule has 1 N–H and O–H groups in total. The van der Waals surface area contributed by atoms with Crippen LogP contribution in [0.1, 0.15) is 19.8 Å². The Balaban J connectivity index is 2.17. The van der Waals surface area contributed by atoms with Crippen LogP contribution in [-0.4, -0.2) is 23.0 Å². The molecule has 0 saturated carbocycles. The summed E-state index contributed by atoms with van der Waals surface area (Å²) in [6.07, 6.45) is 4.69. The van der Waals surface area contributed by atoms with Crippen molar-refractivity contribution in [3.63, 3.8) is 0 Å². The number of nitrogens with one attached hydrogen (secondary N) is 1. The number of ether oxygens (including phenoxy) is 1. The van der Waals surface area contributed by atoms with Gasteiger partial charge < -0.3 is 10.1 Å². The van der Waals surface area contributed by atoms with Crippen molar-refractivity contribution in [3.8, 4) is 17.0 Å². The minimum absolute atomic E-state index is 0.0216. The molecule has 2 heterocycles. The number of methoxy groups -OCH3 is 1. The van der Waals surface area contributed by atoms with Gasteiger partial charge in [0.15, 0.2) is 0 Å². The molecule has 0 radical (unpaired) electrons. The molecule has 2 rings (SSSR count). The number of aromatic nitrogens is 2. The third kappa shape index (κ3) is 3.32. The highest BCUT2D eigenvalue weighted by Crippen LogP contribution is 2.27. The first-order valence-electron chi connectivity index (χ1n) is 6.50. The van der Waals surface area contributed by atoms with E-state index < -0.39 is 0 Å². The average Bonchev–Trinajstić information content (AvgIpc) is 2.48. The van der Waals surface area contributed by atoms with Gasteiger partial charge in [-0.15, -0.1) is 0 Å². The number of amides is 1. The molecule has 0 fully saturated rings. The van der Waals surface area contributed by atoms with E-state index >= 15 is 0 Å². The zero-order valence-corrected chi connectivity index (χ0v) is 11.6. The second kappa shape index (κ2) is 6.65. The summed E-state index contributed by atoms with van der Waals surface area (Å²) < 4.78 is 5.22. The van der Waals surface area contributed by atoms with Crippen molar-refractivity contribution < 1.29 is 9.53 Å². The van der Waals surface area contributed by atoms with Crippen molar-refractivity contribution in [2.45, 2.75) is 19.8 Å². The number of carbonyl (C=O) groups is 1. The molecule has 5 nitrogen and oxygen atoms in total. The lowest BCUT2D eigenvalue weighted by Gasteiger charge is -2.08. The van der Waals surface area contributed by atoms with E-state index in [1.807, 2.05) is 25.1 Å². The van der Waals surface area contributed by atoms with Crippen molar-refractivity contribution in [1.29, 1.82) is 0 Å². The Morgan fingerprint density at radius 1 is 1.30 bits per heavy atom. The van der Waals surface area contributed by atoms with Crippen LogP contribution >= 0.6 is 0 Å². The third-order valence-corrected chi connectivity index (χ3v) is 2.78. The van der Waals surface area contributed by atoms with Gasteiger partial charge in [0.2, 0.25) is 11.8 Å². The first-order chi connectivity index (χ1) is 9.74. The van der Waals surface area contributed by atoms with Gasteiger partial charge in [0, 0.05) is 29.9 Å². The fourth-order valence-electron chi connectivity index (χ4n) is 1.83. The largest absolute Gasteiger partial charge is 0.481 e. The van der Waals surface area contributed by atoms with Crippen LogP contribution < -0.4 is 10.1 Å². The van der Waals surface area contributed by atoms with Crippen molar-refractivity contribution in [1.82, 2.24) is 9.97 Å². The minimum atomic E-state index is -0.0216. The molecule has 104 valence electrons. The van der Waals surface area contributed by atoms with Crippen LogP contribution in [0.4, 0.5) is 5.82 Å². The maximum Gasteiger partial charge on any atom is 0.225 e. The normalized spacial score (nSPS) is 10.1. The summed E-state index contributed by atoms with van der Waals surface area (Å²) in [6.45, 7) is 1.96. The van der Waals surface area contributed by atoms with Crippen LogP contribution in [0.2, 0.25) is 0 Å². The molecular formula is C15H17N3O2. The van der Waals surface area contributed by atoms with Crippen molar-refractivity contribution in [2.24, 2.45) is 0 Å². The Morgan fingerprint density at radius 2 is 2.15 bits per heavy atom. The standard InChI is InChI=1S/C15H17N3O2/c1-3-5-14(19)18-13-8-7-11(10-17-13)12-6-4-9-16-15(12)20-2/h4,6-10H,3,5H2,1-2H3,(H,17,18,19). The highest BCUT2D eigenvalue weighted by Gasteiger charge is 2.07. The predicted molar refractivity (Wildman–Crippen MR) is 77.6 cm³/mol. The van der Waals surface area contributed by atoms with Crippen molar-refractivity contribution in [2.75, 3.05) is 12.4 Å². The van der Waals surface area contributed by atoms with Crippen molar-refractivity contribution >= 4 is 11.7 Å². The number of anilines is 1. The highest BCUT2D eigenvalue weighted by molar-refractivity contribution is 5.89. The zero-order chi connectivity index (χ0) is 14.4. The second-order valence-electron chi connectivity index (χ2n) is 4.29. The van der Waals surface area contributed by atoms with Gasteiger partial charge >= 0.3 is 0 Å². The smallest absolute Gasteiger partial charge is 0.225 e.